The Bertz CT molecular complexity index is 1230. The molecule has 0 fully saturated rings. The van der Waals surface area contributed by atoms with Crippen LogP contribution < -0.4 is 5.56 Å². The highest BCUT2D eigenvalue weighted by Crippen LogP contribution is 2.40. The standard InChI is InChI=1S/C23H17BrN2O/c24-19-9-7-15(8-10-19)20-12-18(13-21-22(20)23(27)26-25-21)17-6-5-14-3-1-2-4-16(14)11-17/h1-11,13,20H,12H2,(H2,25,26,27). The van der Waals surface area contributed by atoms with Crippen molar-refractivity contribution in [3.05, 3.63) is 104 Å². The molecule has 3 nitrogen and oxygen atoms in total. The number of halogens is 1. The zero-order valence-corrected chi connectivity index (χ0v) is 16.1. The molecule has 0 amide bonds. The number of allylic oxidation sites excluding steroid dienone is 1. The summed E-state index contributed by atoms with van der Waals surface area (Å²) in [5.41, 5.74) is 5.24. The van der Waals surface area contributed by atoms with Gasteiger partial charge in [-0.1, -0.05) is 64.5 Å². The van der Waals surface area contributed by atoms with Crippen LogP contribution in [-0.4, -0.2) is 10.2 Å². The van der Waals surface area contributed by atoms with Gasteiger partial charge in [-0.2, -0.15) is 0 Å². The molecule has 5 rings (SSSR count). The van der Waals surface area contributed by atoms with E-state index in [1.165, 1.54) is 21.9 Å². The average molecular weight is 417 g/mol. The fraction of sp³-hybridized carbons (Fsp3) is 0.0870. The van der Waals surface area contributed by atoms with E-state index >= 15 is 0 Å². The third kappa shape index (κ3) is 2.86. The Balaban J connectivity index is 1.64. The van der Waals surface area contributed by atoms with Crippen molar-refractivity contribution >= 4 is 38.4 Å². The van der Waals surface area contributed by atoms with Crippen LogP contribution in [0, 0.1) is 0 Å². The number of benzene rings is 3. The quantitative estimate of drug-likeness (QED) is 0.432. The second-order valence-electron chi connectivity index (χ2n) is 6.95. The molecule has 0 radical (unpaired) electrons. The van der Waals surface area contributed by atoms with E-state index in [9.17, 15) is 4.79 Å². The summed E-state index contributed by atoms with van der Waals surface area (Å²) in [6.07, 6.45) is 2.90. The molecule has 4 heteroatoms. The van der Waals surface area contributed by atoms with E-state index in [2.05, 4.69) is 86.8 Å². The predicted octanol–water partition coefficient (Wildman–Crippen LogP) is 5.69. The number of hydrogen-bond acceptors (Lipinski definition) is 1. The smallest absolute Gasteiger partial charge is 0.268 e. The topological polar surface area (TPSA) is 48.6 Å². The van der Waals surface area contributed by atoms with E-state index in [1.54, 1.807) is 0 Å². The molecule has 1 heterocycles. The summed E-state index contributed by atoms with van der Waals surface area (Å²) in [7, 11) is 0. The predicted molar refractivity (Wildman–Crippen MR) is 114 cm³/mol. The third-order valence-electron chi connectivity index (χ3n) is 5.33. The molecule has 0 bridgehead atoms. The van der Waals surface area contributed by atoms with Gasteiger partial charge in [0.05, 0.1) is 11.3 Å². The van der Waals surface area contributed by atoms with Gasteiger partial charge >= 0.3 is 0 Å². The zero-order valence-electron chi connectivity index (χ0n) is 14.5. The van der Waals surface area contributed by atoms with Crippen LogP contribution in [0.5, 0.6) is 0 Å². The maximum Gasteiger partial charge on any atom is 0.268 e. The van der Waals surface area contributed by atoms with E-state index < -0.39 is 0 Å². The monoisotopic (exact) mass is 416 g/mol. The first kappa shape index (κ1) is 16.3. The lowest BCUT2D eigenvalue weighted by Gasteiger charge is -2.23. The summed E-state index contributed by atoms with van der Waals surface area (Å²) in [5, 5.41) is 8.27. The molecule has 132 valence electrons. The zero-order chi connectivity index (χ0) is 18.4. The van der Waals surface area contributed by atoms with Gasteiger partial charge in [0.25, 0.3) is 5.56 Å². The fourth-order valence-corrected chi connectivity index (χ4v) is 4.23. The SMILES string of the molecule is O=c1[nH][nH]c2c1C(c1ccc(Br)cc1)CC(c1ccc3ccccc3c1)=C2. The van der Waals surface area contributed by atoms with Crippen molar-refractivity contribution in [2.45, 2.75) is 12.3 Å². The Morgan fingerprint density at radius 3 is 2.48 bits per heavy atom. The van der Waals surface area contributed by atoms with Gasteiger partial charge in [0.1, 0.15) is 0 Å². The Labute approximate surface area is 164 Å². The number of H-pyrrole nitrogens is 2. The number of fused-ring (bicyclic) bond motifs is 2. The lowest BCUT2D eigenvalue weighted by Crippen LogP contribution is -2.16. The van der Waals surface area contributed by atoms with Crippen LogP contribution in [0.1, 0.15) is 34.7 Å². The molecule has 1 aromatic heterocycles. The van der Waals surface area contributed by atoms with Gasteiger partial charge < -0.3 is 0 Å². The Morgan fingerprint density at radius 1 is 0.889 bits per heavy atom. The number of aromatic nitrogens is 2. The summed E-state index contributed by atoms with van der Waals surface area (Å²) < 4.78 is 1.04. The fourth-order valence-electron chi connectivity index (χ4n) is 3.97. The van der Waals surface area contributed by atoms with E-state index in [1.807, 2.05) is 12.1 Å². The second-order valence-corrected chi connectivity index (χ2v) is 7.86. The molecule has 27 heavy (non-hydrogen) atoms. The number of nitrogens with one attached hydrogen (secondary N) is 2. The van der Waals surface area contributed by atoms with E-state index in [0.717, 1.165) is 27.7 Å². The van der Waals surface area contributed by atoms with E-state index in [4.69, 9.17) is 0 Å². The van der Waals surface area contributed by atoms with Gasteiger partial charge in [-0.25, -0.2) is 0 Å². The largest absolute Gasteiger partial charge is 0.298 e. The van der Waals surface area contributed by atoms with Crippen LogP contribution in [0.15, 0.2) is 76.0 Å². The number of hydrogen-bond donors (Lipinski definition) is 2. The molecular weight excluding hydrogens is 400 g/mol. The van der Waals surface area contributed by atoms with E-state index in [0.29, 0.717) is 0 Å². The number of rotatable bonds is 2. The molecule has 1 atom stereocenters. The van der Waals surface area contributed by atoms with Gasteiger partial charge in [0.2, 0.25) is 0 Å². The summed E-state index contributed by atoms with van der Waals surface area (Å²) >= 11 is 3.49. The molecule has 1 aliphatic carbocycles. The summed E-state index contributed by atoms with van der Waals surface area (Å²) in [4.78, 5) is 12.4. The Morgan fingerprint density at radius 2 is 1.67 bits per heavy atom. The highest BCUT2D eigenvalue weighted by molar-refractivity contribution is 9.10. The molecule has 0 saturated carbocycles. The van der Waals surface area contributed by atoms with Crippen molar-refractivity contribution < 1.29 is 0 Å². The molecular formula is C23H17BrN2O. The van der Waals surface area contributed by atoms with Crippen LogP contribution in [0.3, 0.4) is 0 Å². The molecule has 0 spiro atoms. The first-order chi connectivity index (χ1) is 13.2. The van der Waals surface area contributed by atoms with Crippen molar-refractivity contribution in [1.82, 2.24) is 10.2 Å². The average Bonchev–Trinajstić information content (AvgIpc) is 3.08. The van der Waals surface area contributed by atoms with Gasteiger partial charge in [-0.05, 0) is 58.2 Å². The minimum Gasteiger partial charge on any atom is -0.298 e. The van der Waals surface area contributed by atoms with E-state index in [-0.39, 0.29) is 11.5 Å². The Kier molecular flexibility index (Phi) is 3.87. The minimum atomic E-state index is -0.0354. The lowest BCUT2D eigenvalue weighted by molar-refractivity contribution is 0.825. The van der Waals surface area contributed by atoms with Crippen LogP contribution in [-0.2, 0) is 0 Å². The second kappa shape index (κ2) is 6.39. The number of aromatic amines is 2. The molecule has 1 aliphatic rings. The maximum atomic E-state index is 12.4. The molecule has 2 N–H and O–H groups in total. The minimum absolute atomic E-state index is 0.0354. The Hall–Kier alpha value is -2.85. The van der Waals surface area contributed by atoms with Gasteiger partial charge in [0, 0.05) is 10.4 Å². The first-order valence-electron chi connectivity index (χ1n) is 8.95. The van der Waals surface area contributed by atoms with Crippen LogP contribution >= 0.6 is 15.9 Å². The molecule has 1 unspecified atom stereocenters. The van der Waals surface area contributed by atoms with Crippen molar-refractivity contribution in [2.24, 2.45) is 0 Å². The normalized spacial score (nSPS) is 16.2. The highest BCUT2D eigenvalue weighted by atomic mass is 79.9. The lowest BCUT2D eigenvalue weighted by atomic mass is 9.80. The molecule has 0 aliphatic heterocycles. The van der Waals surface area contributed by atoms with Crippen molar-refractivity contribution in [3.63, 3.8) is 0 Å². The van der Waals surface area contributed by atoms with Crippen molar-refractivity contribution in [3.8, 4) is 0 Å². The van der Waals surface area contributed by atoms with Crippen LogP contribution in [0.25, 0.3) is 22.4 Å². The summed E-state index contributed by atoms with van der Waals surface area (Å²) in [5.74, 6) is 0.0366. The van der Waals surface area contributed by atoms with Crippen LogP contribution in [0.4, 0.5) is 0 Å². The first-order valence-corrected chi connectivity index (χ1v) is 9.74. The molecule has 4 aromatic rings. The third-order valence-corrected chi connectivity index (χ3v) is 5.86. The van der Waals surface area contributed by atoms with Gasteiger partial charge in [0.15, 0.2) is 0 Å². The van der Waals surface area contributed by atoms with Crippen molar-refractivity contribution in [1.29, 1.82) is 0 Å². The highest BCUT2D eigenvalue weighted by Gasteiger charge is 2.27. The summed E-state index contributed by atoms with van der Waals surface area (Å²) in [6, 6.07) is 23.2. The molecule has 3 aromatic carbocycles. The van der Waals surface area contributed by atoms with Gasteiger partial charge in [-0.3, -0.25) is 15.0 Å². The summed E-state index contributed by atoms with van der Waals surface area (Å²) in [6.45, 7) is 0. The maximum absolute atomic E-state index is 12.4. The van der Waals surface area contributed by atoms with Crippen molar-refractivity contribution in [2.75, 3.05) is 0 Å². The van der Waals surface area contributed by atoms with Gasteiger partial charge in [-0.15, -0.1) is 0 Å². The molecule has 0 saturated heterocycles. The van der Waals surface area contributed by atoms with Crippen LogP contribution in [0.2, 0.25) is 0 Å².